The summed E-state index contributed by atoms with van der Waals surface area (Å²) >= 11 is 0. The van der Waals surface area contributed by atoms with E-state index in [-0.39, 0.29) is 11.2 Å². The van der Waals surface area contributed by atoms with Crippen LogP contribution in [-0.4, -0.2) is 29.1 Å². The molecule has 2 heterocycles. The van der Waals surface area contributed by atoms with Crippen LogP contribution in [0, 0.1) is 5.82 Å². The maximum absolute atomic E-state index is 14.9. The number of rotatable bonds is 4. The number of nitrogens with zero attached hydrogens (tertiary/aromatic N) is 3. The second-order valence-electron chi connectivity index (χ2n) is 8.21. The van der Waals surface area contributed by atoms with E-state index in [1.807, 2.05) is 48.5 Å². The van der Waals surface area contributed by atoms with Crippen LogP contribution in [0.4, 0.5) is 10.2 Å². The highest BCUT2D eigenvalue weighted by molar-refractivity contribution is 5.80. The Balaban J connectivity index is 1.39. The monoisotopic (exact) mass is 404 g/mol. The zero-order valence-electron chi connectivity index (χ0n) is 16.9. The number of benzene rings is 2. The molecule has 2 aliphatic rings. The smallest absolute Gasteiger partial charge is 0.198 e. The van der Waals surface area contributed by atoms with Gasteiger partial charge in [0.15, 0.2) is 11.8 Å². The number of likely N-dealkylation sites (tertiary alicyclic amines) is 1. The first-order valence-electron chi connectivity index (χ1n) is 10.6. The lowest BCUT2D eigenvalue weighted by atomic mass is 9.91. The lowest BCUT2D eigenvalue weighted by Crippen LogP contribution is -2.40. The summed E-state index contributed by atoms with van der Waals surface area (Å²) < 4.78 is 20.5. The predicted octanol–water partition coefficient (Wildman–Crippen LogP) is 4.99. The Morgan fingerprint density at radius 3 is 2.50 bits per heavy atom. The lowest BCUT2D eigenvalue weighted by molar-refractivity contribution is 0.338. The van der Waals surface area contributed by atoms with Crippen LogP contribution >= 0.6 is 0 Å². The van der Waals surface area contributed by atoms with Gasteiger partial charge in [0.1, 0.15) is 11.6 Å². The van der Waals surface area contributed by atoms with Crippen molar-refractivity contribution in [1.29, 1.82) is 0 Å². The van der Waals surface area contributed by atoms with E-state index in [4.69, 9.17) is 10.3 Å². The summed E-state index contributed by atoms with van der Waals surface area (Å²) in [6.07, 6.45) is 5.30. The number of halogens is 1. The zero-order valence-corrected chi connectivity index (χ0v) is 16.9. The van der Waals surface area contributed by atoms with Crippen molar-refractivity contribution in [1.82, 2.24) is 10.1 Å². The Kier molecular flexibility index (Phi) is 4.77. The SMILES string of the molecule is N/C(=N/c1cc(C2(c3ccc(-c4ccccc4)c(F)c3)CC2)on1)N1CCCCC1. The maximum Gasteiger partial charge on any atom is 0.198 e. The molecule has 30 heavy (non-hydrogen) atoms. The van der Waals surface area contributed by atoms with Gasteiger partial charge < -0.3 is 15.2 Å². The number of aromatic nitrogens is 1. The van der Waals surface area contributed by atoms with Crippen molar-refractivity contribution in [3.05, 3.63) is 71.7 Å². The zero-order chi connectivity index (χ0) is 20.6. The molecule has 2 aromatic carbocycles. The van der Waals surface area contributed by atoms with Crippen LogP contribution in [0.25, 0.3) is 11.1 Å². The van der Waals surface area contributed by atoms with Crippen molar-refractivity contribution in [2.24, 2.45) is 10.7 Å². The van der Waals surface area contributed by atoms with E-state index in [1.54, 1.807) is 6.07 Å². The molecule has 1 aromatic heterocycles. The molecule has 1 saturated heterocycles. The van der Waals surface area contributed by atoms with Gasteiger partial charge in [0.2, 0.25) is 0 Å². The van der Waals surface area contributed by atoms with Crippen molar-refractivity contribution in [2.45, 2.75) is 37.5 Å². The summed E-state index contributed by atoms with van der Waals surface area (Å²) in [6, 6.07) is 16.9. The summed E-state index contributed by atoms with van der Waals surface area (Å²) in [5.41, 5.74) is 8.23. The third-order valence-corrected chi connectivity index (χ3v) is 6.23. The van der Waals surface area contributed by atoms with E-state index in [0.717, 1.165) is 55.7 Å². The van der Waals surface area contributed by atoms with Gasteiger partial charge in [-0.3, -0.25) is 0 Å². The van der Waals surface area contributed by atoms with E-state index in [1.165, 1.54) is 6.42 Å². The molecular weight excluding hydrogens is 379 g/mol. The average Bonchev–Trinajstić information content (AvgIpc) is 3.47. The Morgan fingerprint density at radius 1 is 1.03 bits per heavy atom. The van der Waals surface area contributed by atoms with Gasteiger partial charge in [-0.1, -0.05) is 47.6 Å². The van der Waals surface area contributed by atoms with Crippen LogP contribution in [-0.2, 0) is 5.41 Å². The molecule has 0 radical (unpaired) electrons. The molecule has 1 aliphatic carbocycles. The van der Waals surface area contributed by atoms with Crippen LogP contribution in [0.1, 0.15) is 43.4 Å². The summed E-state index contributed by atoms with van der Waals surface area (Å²) in [5.74, 6) is 1.45. The lowest BCUT2D eigenvalue weighted by Gasteiger charge is -2.27. The first kappa shape index (κ1) is 18.9. The fourth-order valence-corrected chi connectivity index (χ4v) is 4.32. The predicted molar refractivity (Wildman–Crippen MR) is 115 cm³/mol. The summed E-state index contributed by atoms with van der Waals surface area (Å²) in [7, 11) is 0. The van der Waals surface area contributed by atoms with Crippen molar-refractivity contribution in [3.8, 4) is 11.1 Å². The van der Waals surface area contributed by atoms with E-state index in [0.29, 0.717) is 17.3 Å². The minimum atomic E-state index is -0.323. The van der Waals surface area contributed by atoms with Gasteiger partial charge in [0, 0.05) is 24.7 Å². The number of hydrogen-bond acceptors (Lipinski definition) is 3. The molecule has 2 fully saturated rings. The fourth-order valence-electron chi connectivity index (χ4n) is 4.32. The molecule has 0 bridgehead atoms. The van der Waals surface area contributed by atoms with Crippen molar-refractivity contribution < 1.29 is 8.91 Å². The Hall–Kier alpha value is -3.15. The fraction of sp³-hybridized carbons (Fsp3) is 0.333. The third kappa shape index (κ3) is 3.47. The topological polar surface area (TPSA) is 67.6 Å². The van der Waals surface area contributed by atoms with E-state index in [9.17, 15) is 4.39 Å². The van der Waals surface area contributed by atoms with E-state index >= 15 is 0 Å². The molecule has 6 heteroatoms. The molecule has 1 aliphatic heterocycles. The Morgan fingerprint density at radius 2 is 1.80 bits per heavy atom. The van der Waals surface area contributed by atoms with Gasteiger partial charge in [-0.05, 0) is 49.3 Å². The second kappa shape index (κ2) is 7.59. The normalized spacial score (nSPS) is 18.4. The van der Waals surface area contributed by atoms with Gasteiger partial charge in [0.05, 0.1) is 5.41 Å². The highest BCUT2D eigenvalue weighted by Gasteiger charge is 2.49. The first-order chi connectivity index (χ1) is 14.7. The molecule has 154 valence electrons. The highest BCUT2D eigenvalue weighted by atomic mass is 19.1. The second-order valence-corrected chi connectivity index (χ2v) is 8.21. The summed E-state index contributed by atoms with van der Waals surface area (Å²) in [4.78, 5) is 6.54. The van der Waals surface area contributed by atoms with Crippen LogP contribution in [0.15, 0.2) is 64.1 Å². The van der Waals surface area contributed by atoms with Crippen LogP contribution in [0.2, 0.25) is 0 Å². The van der Waals surface area contributed by atoms with E-state index in [2.05, 4.69) is 15.0 Å². The number of aliphatic imine (C=N–C) groups is 1. The van der Waals surface area contributed by atoms with Crippen molar-refractivity contribution in [3.63, 3.8) is 0 Å². The van der Waals surface area contributed by atoms with Crippen LogP contribution in [0.3, 0.4) is 0 Å². The molecule has 0 amide bonds. The van der Waals surface area contributed by atoms with Gasteiger partial charge >= 0.3 is 0 Å². The molecule has 1 saturated carbocycles. The standard InChI is InChI=1S/C24H25FN4O/c25-20-15-18(9-10-19(20)17-7-3-1-4-8-17)24(11-12-24)21-16-22(28-30-21)27-23(26)29-13-5-2-6-14-29/h1,3-4,7-10,15-16H,2,5-6,11-14H2,(H2,26,27,28). The van der Waals surface area contributed by atoms with Crippen LogP contribution < -0.4 is 5.73 Å². The minimum Gasteiger partial charge on any atom is -0.369 e. The average molecular weight is 404 g/mol. The third-order valence-electron chi connectivity index (χ3n) is 6.23. The number of guanidine groups is 1. The van der Waals surface area contributed by atoms with Crippen LogP contribution in [0.5, 0.6) is 0 Å². The summed E-state index contributed by atoms with van der Waals surface area (Å²) in [5, 5.41) is 4.11. The molecule has 5 nitrogen and oxygen atoms in total. The van der Waals surface area contributed by atoms with Crippen molar-refractivity contribution in [2.75, 3.05) is 13.1 Å². The molecule has 2 N–H and O–H groups in total. The molecule has 0 spiro atoms. The van der Waals surface area contributed by atoms with Gasteiger partial charge in [-0.2, -0.15) is 4.99 Å². The molecule has 0 atom stereocenters. The summed E-state index contributed by atoms with van der Waals surface area (Å²) in [6.45, 7) is 1.86. The Bertz CT molecular complexity index is 1070. The van der Waals surface area contributed by atoms with E-state index < -0.39 is 0 Å². The molecule has 3 aromatic rings. The highest BCUT2D eigenvalue weighted by Crippen LogP contribution is 2.54. The van der Waals surface area contributed by atoms with Gasteiger partial charge in [-0.25, -0.2) is 4.39 Å². The number of piperidine rings is 1. The molecule has 5 rings (SSSR count). The first-order valence-corrected chi connectivity index (χ1v) is 10.6. The largest absolute Gasteiger partial charge is 0.369 e. The van der Waals surface area contributed by atoms with Crippen molar-refractivity contribution >= 4 is 11.8 Å². The minimum absolute atomic E-state index is 0.225. The van der Waals surface area contributed by atoms with Gasteiger partial charge in [-0.15, -0.1) is 0 Å². The van der Waals surface area contributed by atoms with Gasteiger partial charge in [0.25, 0.3) is 0 Å². The molecular formula is C24H25FN4O. The number of nitrogens with two attached hydrogens (primary N) is 1. The maximum atomic E-state index is 14.9. The number of hydrogen-bond donors (Lipinski definition) is 1. The molecule has 0 unspecified atom stereocenters. The quantitative estimate of drug-likeness (QED) is 0.491. The Labute approximate surface area is 175 Å².